The second kappa shape index (κ2) is 17.6. The van der Waals surface area contributed by atoms with Crippen LogP contribution in [-0.2, 0) is 4.79 Å². The predicted octanol–water partition coefficient (Wildman–Crippen LogP) is 12.6. The zero-order valence-corrected chi connectivity index (χ0v) is 39.7. The van der Waals surface area contributed by atoms with E-state index in [0.717, 1.165) is 72.9 Å². The van der Waals surface area contributed by atoms with Gasteiger partial charge >= 0.3 is 0 Å². The lowest BCUT2D eigenvalue weighted by Crippen LogP contribution is -2.45. The van der Waals surface area contributed by atoms with Gasteiger partial charge in [0.1, 0.15) is 22.9 Å². The van der Waals surface area contributed by atoms with Gasteiger partial charge in [0.15, 0.2) is 5.78 Å². The van der Waals surface area contributed by atoms with Gasteiger partial charge in [-0.1, -0.05) is 75.9 Å². The summed E-state index contributed by atoms with van der Waals surface area (Å²) in [5.74, 6) is 1.28. The van der Waals surface area contributed by atoms with Crippen molar-refractivity contribution in [3.8, 4) is 11.5 Å². The Labute approximate surface area is 380 Å². The van der Waals surface area contributed by atoms with E-state index in [4.69, 9.17) is 9.47 Å². The number of anilines is 2. The summed E-state index contributed by atoms with van der Waals surface area (Å²) in [4.78, 5) is 18.1. The Morgan fingerprint density at radius 3 is 1.61 bits per heavy atom. The second-order valence-electron chi connectivity index (χ2n) is 14.4. The minimum absolute atomic E-state index is 0.109. The molecule has 8 nitrogen and oxygen atoms in total. The molecular weight excluding hydrogens is 1020 g/mol. The number of Topliss-reactive ketones (excluding diaryl/α,β-unsaturated/α-hetero) is 1. The summed E-state index contributed by atoms with van der Waals surface area (Å²) < 4.78 is 19.2. The van der Waals surface area contributed by atoms with Crippen LogP contribution in [0.15, 0.2) is 139 Å². The summed E-state index contributed by atoms with van der Waals surface area (Å²) in [7, 11) is 5.23. The molecule has 302 valence electrons. The van der Waals surface area contributed by atoms with Crippen LogP contribution in [0.5, 0.6) is 11.5 Å². The molecule has 59 heavy (non-hydrogen) atoms. The molecule has 0 aliphatic carbocycles. The first-order valence-corrected chi connectivity index (χ1v) is 23.2. The Hall–Kier alpha value is -3.98. The number of methoxy groups -OCH3 is 2. The summed E-state index contributed by atoms with van der Waals surface area (Å²) in [5, 5.41) is 20.0. The van der Waals surface area contributed by atoms with Gasteiger partial charge in [0, 0.05) is 98.6 Å². The monoisotopic (exact) mass is 1060 g/mol. The Morgan fingerprint density at radius 2 is 1.14 bits per heavy atom. The van der Waals surface area contributed by atoms with E-state index in [0.29, 0.717) is 11.5 Å². The number of aliphatic hydroxyl groups excluding tert-OH is 1. The summed E-state index contributed by atoms with van der Waals surface area (Å²) in [6, 6.07) is 38.3. The van der Waals surface area contributed by atoms with Crippen LogP contribution in [0.25, 0.3) is 43.6 Å². The topological polar surface area (TPSA) is 80.9 Å². The summed E-state index contributed by atoms with van der Waals surface area (Å²) >= 11 is 16.3. The lowest BCUT2D eigenvalue weighted by Gasteiger charge is -2.37. The molecule has 2 N–H and O–H groups in total. The third-order valence-corrected chi connectivity index (χ3v) is 13.6. The fourth-order valence-electron chi connectivity index (χ4n) is 8.20. The molecule has 2 heterocycles. The Balaban J connectivity index is 1.44. The molecular formula is C46H40Br4N4O4S. The number of nitrogens with zero attached hydrogens (tertiary/aromatic N) is 3. The standard InChI is InChI=1S/C46H40Br4N4O4S/c1-52(31-8-6-10-33(24-31)58-3)25-42(55)43(53-38-15-11-26(47)19-34(38)35-20-27(48)12-16-39(35)53)44(45(56)46(59-4)51-30-7-5-9-32(23-30)57-2)54-40-17-13-28(49)21-36(40)37-22-29(50)14-18-41(37)54/h5-24,42-44,46,51,55H,25H2,1-4H3. The van der Waals surface area contributed by atoms with E-state index in [2.05, 4.69) is 127 Å². The minimum Gasteiger partial charge on any atom is -0.497 e. The number of hydrogen-bond acceptors (Lipinski definition) is 7. The Kier molecular flexibility index (Phi) is 12.4. The van der Waals surface area contributed by atoms with Crippen molar-refractivity contribution in [2.45, 2.75) is 23.6 Å². The average Bonchev–Trinajstić information content (AvgIpc) is 3.71. The van der Waals surface area contributed by atoms with Crippen LogP contribution in [0.1, 0.15) is 12.1 Å². The van der Waals surface area contributed by atoms with Gasteiger partial charge in [-0.2, -0.15) is 0 Å². The lowest BCUT2D eigenvalue weighted by atomic mass is 9.95. The van der Waals surface area contributed by atoms with Gasteiger partial charge in [-0.05, 0) is 103 Å². The first-order valence-electron chi connectivity index (χ1n) is 18.8. The SMILES string of the molecule is COc1cccc(NC(SC)C(=O)C(C(C(O)CN(C)c2cccc(OC)c2)n2c3ccc(Br)cc3c3cc(Br)ccc32)n2c3ccc(Br)cc3c3cc(Br)ccc32)c1. The van der Waals surface area contributed by atoms with Crippen molar-refractivity contribution < 1.29 is 19.4 Å². The van der Waals surface area contributed by atoms with Crippen molar-refractivity contribution in [3.63, 3.8) is 0 Å². The van der Waals surface area contributed by atoms with E-state index >= 15 is 4.79 Å². The fourth-order valence-corrected chi connectivity index (χ4v) is 10.3. The number of carbonyl (C=O) groups excluding carboxylic acids is 1. The number of benzene rings is 6. The molecule has 8 rings (SSSR count). The Bertz CT molecular complexity index is 2740. The van der Waals surface area contributed by atoms with Gasteiger partial charge in [-0.15, -0.1) is 11.8 Å². The molecule has 0 aliphatic heterocycles. The fraction of sp³-hybridized carbons (Fsp3) is 0.196. The van der Waals surface area contributed by atoms with Crippen molar-refractivity contribution >= 4 is 136 Å². The third kappa shape index (κ3) is 8.14. The molecule has 13 heteroatoms. The number of rotatable bonds is 14. The molecule has 0 fully saturated rings. The van der Waals surface area contributed by atoms with Gasteiger partial charge in [-0.25, -0.2) is 0 Å². The highest BCUT2D eigenvalue weighted by molar-refractivity contribution is 9.11. The van der Waals surface area contributed by atoms with Gasteiger partial charge in [-0.3, -0.25) is 4.79 Å². The van der Waals surface area contributed by atoms with E-state index < -0.39 is 23.6 Å². The molecule has 6 aromatic carbocycles. The highest BCUT2D eigenvalue weighted by Gasteiger charge is 2.42. The van der Waals surface area contributed by atoms with Crippen molar-refractivity contribution in [1.29, 1.82) is 0 Å². The number of aromatic nitrogens is 2. The van der Waals surface area contributed by atoms with Crippen LogP contribution in [-0.4, -0.2) is 65.6 Å². The number of carbonyl (C=O) groups is 1. The highest BCUT2D eigenvalue weighted by atomic mass is 79.9. The van der Waals surface area contributed by atoms with E-state index in [1.807, 2.05) is 91.0 Å². The van der Waals surface area contributed by atoms with Gasteiger partial charge in [0.2, 0.25) is 0 Å². The number of likely N-dealkylation sites (N-methyl/N-ethyl adjacent to an activating group) is 1. The minimum atomic E-state index is -1.09. The average molecular weight is 1060 g/mol. The first-order chi connectivity index (χ1) is 28.5. The number of aliphatic hydroxyl groups is 1. The number of nitrogens with one attached hydrogen (secondary N) is 1. The molecule has 0 spiro atoms. The molecule has 0 saturated carbocycles. The molecule has 8 aromatic rings. The number of ketones is 1. The van der Waals surface area contributed by atoms with E-state index in [-0.39, 0.29) is 12.3 Å². The molecule has 2 aromatic heterocycles. The molecule has 0 bridgehead atoms. The number of halogens is 4. The largest absolute Gasteiger partial charge is 0.497 e. The molecule has 4 atom stereocenters. The summed E-state index contributed by atoms with van der Waals surface area (Å²) in [5.41, 5.74) is 5.12. The number of fused-ring (bicyclic) bond motifs is 6. The van der Waals surface area contributed by atoms with E-state index in [1.54, 1.807) is 14.2 Å². The van der Waals surface area contributed by atoms with Crippen LogP contribution in [0.4, 0.5) is 11.4 Å². The Morgan fingerprint density at radius 1 is 0.678 bits per heavy atom. The molecule has 0 aliphatic rings. The van der Waals surface area contributed by atoms with Crippen LogP contribution in [0.3, 0.4) is 0 Å². The highest BCUT2D eigenvalue weighted by Crippen LogP contribution is 2.45. The van der Waals surface area contributed by atoms with Crippen LogP contribution >= 0.6 is 75.5 Å². The van der Waals surface area contributed by atoms with E-state index in [9.17, 15) is 5.11 Å². The van der Waals surface area contributed by atoms with Crippen molar-refractivity contribution in [1.82, 2.24) is 9.13 Å². The van der Waals surface area contributed by atoms with Crippen LogP contribution in [0.2, 0.25) is 0 Å². The van der Waals surface area contributed by atoms with Gasteiger partial charge in [0.25, 0.3) is 0 Å². The maximum atomic E-state index is 16.1. The first kappa shape index (κ1) is 41.7. The predicted molar refractivity (Wildman–Crippen MR) is 259 cm³/mol. The summed E-state index contributed by atoms with van der Waals surface area (Å²) in [6.45, 7) is 0.192. The number of ether oxygens (including phenoxy) is 2. The number of hydrogen-bond donors (Lipinski definition) is 2. The quantitative estimate of drug-likeness (QED) is 0.105. The van der Waals surface area contributed by atoms with Crippen LogP contribution < -0.4 is 19.7 Å². The molecule has 0 radical (unpaired) electrons. The zero-order valence-electron chi connectivity index (χ0n) is 32.5. The number of thioether (sulfide) groups is 1. The smallest absolute Gasteiger partial charge is 0.190 e. The maximum Gasteiger partial charge on any atom is 0.190 e. The second-order valence-corrected chi connectivity index (χ2v) is 19.0. The normalized spacial score (nSPS) is 13.8. The maximum absolute atomic E-state index is 16.1. The van der Waals surface area contributed by atoms with Gasteiger partial charge in [0.05, 0.1) is 26.4 Å². The van der Waals surface area contributed by atoms with Crippen molar-refractivity contribution in [2.24, 2.45) is 0 Å². The lowest BCUT2D eigenvalue weighted by molar-refractivity contribution is -0.123. The van der Waals surface area contributed by atoms with Gasteiger partial charge < -0.3 is 33.9 Å². The molecule has 0 amide bonds. The summed E-state index contributed by atoms with van der Waals surface area (Å²) in [6.07, 6.45) is 0.841. The van der Waals surface area contributed by atoms with Crippen molar-refractivity contribution in [3.05, 3.63) is 139 Å². The van der Waals surface area contributed by atoms with E-state index in [1.165, 1.54) is 11.8 Å². The third-order valence-electron chi connectivity index (χ3n) is 10.9. The van der Waals surface area contributed by atoms with Crippen LogP contribution in [0, 0.1) is 0 Å². The van der Waals surface area contributed by atoms with Crippen molar-refractivity contribution in [2.75, 3.05) is 44.3 Å². The molecule has 4 unspecified atom stereocenters. The zero-order chi connectivity index (χ0) is 41.5. The molecule has 0 saturated heterocycles.